The lowest BCUT2D eigenvalue weighted by Crippen LogP contribution is -2.44. The smallest absolute Gasteiger partial charge is 0.331 e. The van der Waals surface area contributed by atoms with E-state index < -0.39 is 24.0 Å². The first-order valence-corrected chi connectivity index (χ1v) is 6.94. The van der Waals surface area contributed by atoms with Crippen LogP contribution in [0.1, 0.15) is 19.6 Å². The number of nitrogens with one attached hydrogen (secondary N) is 2. The summed E-state index contributed by atoms with van der Waals surface area (Å²) in [6.07, 6.45) is 1.44. The number of amides is 3. The Morgan fingerprint density at radius 1 is 1.43 bits per heavy atom. The number of urea groups is 1. The Morgan fingerprint density at radius 2 is 2.14 bits per heavy atom. The lowest BCUT2D eigenvalue weighted by Gasteiger charge is -2.11. The van der Waals surface area contributed by atoms with Gasteiger partial charge >= 0.3 is 12.0 Å². The van der Waals surface area contributed by atoms with Gasteiger partial charge in [-0.05, 0) is 48.0 Å². The number of furan rings is 1. The molecule has 0 saturated heterocycles. The molecule has 0 aliphatic carbocycles. The monoisotopic (exact) mass is 358 g/mol. The summed E-state index contributed by atoms with van der Waals surface area (Å²) in [5.41, 5.74) is 0. The normalized spacial score (nSPS) is 12.0. The van der Waals surface area contributed by atoms with Crippen molar-refractivity contribution in [3.05, 3.63) is 28.6 Å². The van der Waals surface area contributed by atoms with Gasteiger partial charge in [0.1, 0.15) is 5.76 Å². The number of carbonyl (C=O) groups is 3. The van der Waals surface area contributed by atoms with Crippen molar-refractivity contribution < 1.29 is 23.5 Å². The van der Waals surface area contributed by atoms with E-state index in [4.69, 9.17) is 9.15 Å². The Morgan fingerprint density at radius 3 is 2.71 bits per heavy atom. The highest BCUT2D eigenvalue weighted by Gasteiger charge is 2.18. The van der Waals surface area contributed by atoms with Crippen LogP contribution in [0.3, 0.4) is 0 Å². The molecule has 1 heterocycles. The molecule has 0 saturated carbocycles. The number of hydrogen-bond acceptors (Lipinski definition) is 5. The van der Waals surface area contributed by atoms with Crippen molar-refractivity contribution in [1.29, 1.82) is 0 Å². The Balaban J connectivity index is 2.44. The minimum Gasteiger partial charge on any atom is -0.450 e. The van der Waals surface area contributed by atoms with Crippen molar-refractivity contribution in [2.45, 2.75) is 20.0 Å². The molecular weight excluding hydrogens is 344 g/mol. The third kappa shape index (κ3) is 6.26. The van der Waals surface area contributed by atoms with Gasteiger partial charge in [-0.15, -0.1) is 0 Å². The highest BCUT2D eigenvalue weighted by Crippen LogP contribution is 2.15. The number of rotatable bonds is 5. The van der Waals surface area contributed by atoms with Crippen molar-refractivity contribution in [1.82, 2.24) is 10.6 Å². The highest BCUT2D eigenvalue weighted by atomic mass is 79.9. The van der Waals surface area contributed by atoms with Gasteiger partial charge in [0.2, 0.25) is 0 Å². The van der Waals surface area contributed by atoms with Crippen molar-refractivity contribution in [3.8, 4) is 0 Å². The third-order valence-corrected chi connectivity index (χ3v) is 2.64. The van der Waals surface area contributed by atoms with Crippen LogP contribution in [0.15, 0.2) is 27.3 Å². The second-order valence-electron chi connectivity index (χ2n) is 3.90. The Kier molecular flexibility index (Phi) is 6.67. The van der Waals surface area contributed by atoms with Crippen LogP contribution in [0.4, 0.5) is 4.79 Å². The molecule has 1 aromatic rings. The number of esters is 1. The van der Waals surface area contributed by atoms with Crippen molar-refractivity contribution in [2.75, 3.05) is 6.54 Å². The predicted octanol–water partition coefficient (Wildman–Crippen LogP) is 1.83. The maximum Gasteiger partial charge on any atom is 0.331 e. The molecule has 1 aromatic heterocycles. The number of imide groups is 1. The molecule has 0 radical (unpaired) electrons. The van der Waals surface area contributed by atoms with Gasteiger partial charge in [-0.1, -0.05) is 0 Å². The summed E-state index contributed by atoms with van der Waals surface area (Å²) in [5.74, 6) is -0.970. The van der Waals surface area contributed by atoms with E-state index >= 15 is 0 Å². The summed E-state index contributed by atoms with van der Waals surface area (Å²) in [6.45, 7) is 3.46. The van der Waals surface area contributed by atoms with Gasteiger partial charge in [-0.2, -0.15) is 0 Å². The van der Waals surface area contributed by atoms with Gasteiger partial charge in [0.15, 0.2) is 10.8 Å². The molecule has 21 heavy (non-hydrogen) atoms. The zero-order valence-corrected chi connectivity index (χ0v) is 13.1. The molecule has 0 aliphatic heterocycles. The van der Waals surface area contributed by atoms with Crippen LogP contribution in [0.25, 0.3) is 6.08 Å². The van der Waals surface area contributed by atoms with E-state index in [2.05, 4.69) is 21.2 Å². The summed E-state index contributed by atoms with van der Waals surface area (Å²) >= 11 is 3.13. The molecule has 0 unspecified atom stereocenters. The first kappa shape index (κ1) is 17.0. The number of carbonyl (C=O) groups excluding carboxylic acids is 3. The van der Waals surface area contributed by atoms with E-state index in [1.165, 1.54) is 13.0 Å². The van der Waals surface area contributed by atoms with E-state index in [1.54, 1.807) is 19.1 Å². The first-order chi connectivity index (χ1) is 9.92. The molecule has 0 spiro atoms. The summed E-state index contributed by atoms with van der Waals surface area (Å²) in [6, 6.07) is 2.69. The highest BCUT2D eigenvalue weighted by molar-refractivity contribution is 9.10. The van der Waals surface area contributed by atoms with Crippen molar-refractivity contribution in [2.24, 2.45) is 0 Å². The average molecular weight is 359 g/mol. The molecule has 0 fully saturated rings. The van der Waals surface area contributed by atoms with E-state index in [-0.39, 0.29) is 0 Å². The van der Waals surface area contributed by atoms with Crippen LogP contribution in [0.5, 0.6) is 0 Å². The minimum atomic E-state index is -1.09. The Labute approximate surface area is 129 Å². The predicted molar refractivity (Wildman–Crippen MR) is 78.2 cm³/mol. The third-order valence-electron chi connectivity index (χ3n) is 2.21. The van der Waals surface area contributed by atoms with E-state index in [1.807, 2.05) is 5.32 Å². The molecular formula is C13H15BrN2O5. The second-order valence-corrected chi connectivity index (χ2v) is 4.68. The lowest BCUT2D eigenvalue weighted by atomic mass is 10.3. The first-order valence-electron chi connectivity index (χ1n) is 6.15. The van der Waals surface area contributed by atoms with Crippen LogP contribution < -0.4 is 10.6 Å². The van der Waals surface area contributed by atoms with E-state index in [0.717, 1.165) is 6.08 Å². The van der Waals surface area contributed by atoms with Crippen LogP contribution in [-0.4, -0.2) is 30.6 Å². The van der Waals surface area contributed by atoms with Gasteiger partial charge < -0.3 is 14.5 Å². The van der Waals surface area contributed by atoms with Crippen molar-refractivity contribution >= 4 is 39.9 Å². The number of ether oxygens (including phenoxy) is 1. The summed E-state index contributed by atoms with van der Waals surface area (Å²) in [5, 5.41) is 4.44. The fourth-order valence-electron chi connectivity index (χ4n) is 1.25. The fraction of sp³-hybridized carbons (Fsp3) is 0.308. The Bertz CT molecular complexity index is 553. The minimum absolute atomic E-state index is 0.384. The SMILES string of the molecule is CCNC(=O)NC(=O)[C@H](C)OC(=O)/C=C/c1ccc(Br)o1. The largest absolute Gasteiger partial charge is 0.450 e. The zero-order chi connectivity index (χ0) is 15.8. The van der Waals surface area contributed by atoms with Crippen molar-refractivity contribution in [3.63, 3.8) is 0 Å². The Hall–Kier alpha value is -2.09. The zero-order valence-electron chi connectivity index (χ0n) is 11.5. The second kappa shape index (κ2) is 8.25. The maximum absolute atomic E-state index is 11.5. The van der Waals surface area contributed by atoms with Gasteiger partial charge in [0.25, 0.3) is 5.91 Å². The van der Waals surface area contributed by atoms with Gasteiger partial charge in [0, 0.05) is 12.6 Å². The molecule has 114 valence electrons. The van der Waals surface area contributed by atoms with Crippen LogP contribution >= 0.6 is 15.9 Å². The summed E-state index contributed by atoms with van der Waals surface area (Å²) in [7, 11) is 0. The molecule has 7 nitrogen and oxygen atoms in total. The van der Waals surface area contributed by atoms with Crippen LogP contribution in [-0.2, 0) is 14.3 Å². The van der Waals surface area contributed by atoms with Crippen LogP contribution in [0, 0.1) is 0 Å². The molecule has 1 atom stereocenters. The molecule has 3 amide bonds. The standard InChI is InChI=1S/C13H15BrN2O5/c1-3-15-13(19)16-12(18)8(2)20-11(17)7-5-9-4-6-10(14)21-9/h4-8H,3H2,1-2H3,(H2,15,16,18,19)/b7-5+/t8-/m0/s1. The summed E-state index contributed by atoms with van der Waals surface area (Å²) < 4.78 is 10.5. The number of hydrogen-bond donors (Lipinski definition) is 2. The maximum atomic E-state index is 11.5. The lowest BCUT2D eigenvalue weighted by molar-refractivity contribution is -0.149. The molecule has 0 aliphatic rings. The molecule has 0 bridgehead atoms. The average Bonchev–Trinajstić information content (AvgIpc) is 2.82. The van der Waals surface area contributed by atoms with E-state index in [0.29, 0.717) is 17.0 Å². The quantitative estimate of drug-likeness (QED) is 0.618. The number of halogens is 1. The molecule has 8 heteroatoms. The molecule has 0 aromatic carbocycles. The molecule has 1 rings (SSSR count). The van der Waals surface area contributed by atoms with E-state index in [9.17, 15) is 14.4 Å². The summed E-state index contributed by atoms with van der Waals surface area (Å²) in [4.78, 5) is 34.2. The van der Waals surface area contributed by atoms with Gasteiger partial charge in [0.05, 0.1) is 0 Å². The van der Waals surface area contributed by atoms with Crippen LogP contribution in [0.2, 0.25) is 0 Å². The van der Waals surface area contributed by atoms with Gasteiger partial charge in [-0.3, -0.25) is 10.1 Å². The fourth-order valence-corrected chi connectivity index (χ4v) is 1.57. The molecule has 2 N–H and O–H groups in total. The topological polar surface area (TPSA) is 97.6 Å². The van der Waals surface area contributed by atoms with Gasteiger partial charge in [-0.25, -0.2) is 9.59 Å².